The van der Waals surface area contributed by atoms with Crippen molar-refractivity contribution in [3.8, 4) is 0 Å². The molecule has 0 saturated heterocycles. The lowest BCUT2D eigenvalue weighted by atomic mass is 10.2. The van der Waals surface area contributed by atoms with Gasteiger partial charge in [-0.1, -0.05) is 0 Å². The molecular formula is C13H15N5S3. The standard InChI is InChI=1S/C13H15N5S3/c1-18(2)4-3-14-13(21)17-12-6-10(15-8-19)5-11(7-12)16-9-20/h5-7H,3-4H2,1-2H3,(H2,14,17,21). The molecule has 0 aliphatic carbocycles. The maximum atomic E-state index is 5.23. The fourth-order valence-corrected chi connectivity index (χ4v) is 1.90. The van der Waals surface area contributed by atoms with Gasteiger partial charge in [0.15, 0.2) is 5.11 Å². The van der Waals surface area contributed by atoms with Crippen LogP contribution in [0.25, 0.3) is 0 Å². The van der Waals surface area contributed by atoms with Gasteiger partial charge in [0.25, 0.3) is 0 Å². The summed E-state index contributed by atoms with van der Waals surface area (Å²) in [4.78, 5) is 9.94. The second kappa shape index (κ2) is 9.41. The van der Waals surface area contributed by atoms with Crippen LogP contribution < -0.4 is 10.6 Å². The van der Waals surface area contributed by atoms with Crippen molar-refractivity contribution in [3.05, 3.63) is 18.2 Å². The summed E-state index contributed by atoms with van der Waals surface area (Å²) >= 11 is 14.4. The van der Waals surface area contributed by atoms with Crippen molar-refractivity contribution in [2.45, 2.75) is 0 Å². The van der Waals surface area contributed by atoms with Gasteiger partial charge >= 0.3 is 0 Å². The number of nitrogens with zero attached hydrogens (tertiary/aromatic N) is 3. The highest BCUT2D eigenvalue weighted by molar-refractivity contribution is 7.80. The van der Waals surface area contributed by atoms with Crippen LogP contribution in [-0.2, 0) is 0 Å². The molecule has 0 aliphatic rings. The molecule has 21 heavy (non-hydrogen) atoms. The predicted molar refractivity (Wildman–Crippen MR) is 98.6 cm³/mol. The zero-order valence-corrected chi connectivity index (χ0v) is 14.2. The molecule has 0 aromatic heterocycles. The SMILES string of the molecule is CN(C)CCNC(=S)Nc1cc(N=C=S)cc(N=C=S)c1. The van der Waals surface area contributed by atoms with Crippen LogP contribution in [0.3, 0.4) is 0 Å². The smallest absolute Gasteiger partial charge is 0.170 e. The molecule has 0 amide bonds. The number of nitrogens with one attached hydrogen (secondary N) is 2. The molecule has 8 heteroatoms. The summed E-state index contributed by atoms with van der Waals surface area (Å²) in [5.74, 6) is 0. The van der Waals surface area contributed by atoms with Gasteiger partial charge in [-0.3, -0.25) is 0 Å². The van der Waals surface area contributed by atoms with Crippen molar-refractivity contribution in [3.63, 3.8) is 0 Å². The summed E-state index contributed by atoms with van der Waals surface area (Å²) in [6, 6.07) is 5.32. The molecule has 0 unspecified atom stereocenters. The van der Waals surface area contributed by atoms with E-state index in [1.165, 1.54) is 0 Å². The Kier molecular flexibility index (Phi) is 7.85. The number of hydrogen-bond acceptors (Lipinski definition) is 6. The van der Waals surface area contributed by atoms with E-state index in [4.69, 9.17) is 12.2 Å². The minimum Gasteiger partial charge on any atom is -0.361 e. The molecule has 0 fully saturated rings. The third-order valence-corrected chi connectivity index (χ3v) is 2.78. The number of aliphatic imine (C=N–C) groups is 2. The van der Waals surface area contributed by atoms with E-state index in [2.05, 4.69) is 60.3 Å². The highest BCUT2D eigenvalue weighted by Crippen LogP contribution is 2.26. The van der Waals surface area contributed by atoms with Crippen molar-refractivity contribution >= 4 is 69.2 Å². The van der Waals surface area contributed by atoms with Gasteiger partial charge in [0.1, 0.15) is 0 Å². The van der Waals surface area contributed by atoms with Gasteiger partial charge < -0.3 is 15.5 Å². The molecule has 0 heterocycles. The van der Waals surface area contributed by atoms with E-state index in [0.29, 0.717) is 16.5 Å². The lowest BCUT2D eigenvalue weighted by Gasteiger charge is -2.13. The highest BCUT2D eigenvalue weighted by atomic mass is 32.1. The van der Waals surface area contributed by atoms with Crippen molar-refractivity contribution in [2.24, 2.45) is 9.98 Å². The van der Waals surface area contributed by atoms with Crippen LogP contribution >= 0.6 is 36.7 Å². The zero-order valence-electron chi connectivity index (χ0n) is 11.7. The van der Waals surface area contributed by atoms with Gasteiger partial charge in [-0.25, -0.2) is 0 Å². The number of likely N-dealkylation sites (N-methyl/N-ethyl adjacent to an activating group) is 1. The van der Waals surface area contributed by atoms with Crippen LogP contribution in [-0.4, -0.2) is 47.5 Å². The Morgan fingerprint density at radius 2 is 1.71 bits per heavy atom. The van der Waals surface area contributed by atoms with Crippen molar-refractivity contribution in [1.82, 2.24) is 10.2 Å². The Hall–Kier alpha value is -1.53. The third kappa shape index (κ3) is 7.15. The van der Waals surface area contributed by atoms with E-state index in [1.54, 1.807) is 18.2 Å². The van der Waals surface area contributed by atoms with E-state index < -0.39 is 0 Å². The van der Waals surface area contributed by atoms with E-state index >= 15 is 0 Å². The van der Waals surface area contributed by atoms with Gasteiger partial charge in [-0.15, -0.1) is 0 Å². The van der Waals surface area contributed by atoms with Gasteiger partial charge in [-0.2, -0.15) is 9.98 Å². The maximum Gasteiger partial charge on any atom is 0.170 e. The molecule has 0 bridgehead atoms. The van der Waals surface area contributed by atoms with Crippen LogP contribution in [0.5, 0.6) is 0 Å². The third-order valence-electron chi connectivity index (χ3n) is 2.35. The van der Waals surface area contributed by atoms with Crippen LogP contribution in [0.15, 0.2) is 28.2 Å². The molecule has 2 N–H and O–H groups in total. The number of isothiocyanates is 2. The molecule has 5 nitrogen and oxygen atoms in total. The number of hydrogen-bond donors (Lipinski definition) is 2. The predicted octanol–water partition coefficient (Wildman–Crippen LogP) is 3.00. The van der Waals surface area contributed by atoms with Gasteiger partial charge in [0.2, 0.25) is 0 Å². The molecule has 110 valence electrons. The molecule has 1 aromatic carbocycles. The normalized spacial score (nSPS) is 9.48. The minimum atomic E-state index is 0.526. The van der Waals surface area contributed by atoms with E-state index in [9.17, 15) is 0 Å². The van der Waals surface area contributed by atoms with Gasteiger partial charge in [-0.05, 0) is 68.9 Å². The molecule has 0 aliphatic heterocycles. The molecule has 0 atom stereocenters. The van der Waals surface area contributed by atoms with Crippen LogP contribution in [0.1, 0.15) is 0 Å². The largest absolute Gasteiger partial charge is 0.361 e. The Morgan fingerprint density at radius 1 is 1.14 bits per heavy atom. The first-order valence-corrected chi connectivity index (χ1v) is 7.28. The Labute approximate surface area is 140 Å². The number of thiocarbonyl (C=S) groups is 3. The summed E-state index contributed by atoms with van der Waals surface area (Å²) < 4.78 is 0. The fraction of sp³-hybridized carbons (Fsp3) is 0.308. The zero-order chi connectivity index (χ0) is 15.7. The summed E-state index contributed by atoms with van der Waals surface area (Å²) in [5.41, 5.74) is 1.98. The summed E-state index contributed by atoms with van der Waals surface area (Å²) in [7, 11) is 4.00. The van der Waals surface area contributed by atoms with Crippen molar-refractivity contribution < 1.29 is 0 Å². The van der Waals surface area contributed by atoms with Gasteiger partial charge in [0, 0.05) is 18.8 Å². The Morgan fingerprint density at radius 3 is 2.19 bits per heavy atom. The Bertz CT molecular complexity index is 566. The summed E-state index contributed by atoms with van der Waals surface area (Å²) in [5, 5.41) is 11.3. The molecule has 1 aromatic rings. The van der Waals surface area contributed by atoms with Crippen molar-refractivity contribution in [2.75, 3.05) is 32.5 Å². The minimum absolute atomic E-state index is 0.526. The molecule has 0 saturated carbocycles. The van der Waals surface area contributed by atoms with E-state index in [0.717, 1.165) is 18.8 Å². The molecule has 0 spiro atoms. The summed E-state index contributed by atoms with van der Waals surface area (Å²) in [6.07, 6.45) is 0. The first kappa shape index (κ1) is 17.5. The maximum absolute atomic E-state index is 5.23. The highest BCUT2D eigenvalue weighted by Gasteiger charge is 2.02. The van der Waals surface area contributed by atoms with Crippen LogP contribution in [0, 0.1) is 0 Å². The van der Waals surface area contributed by atoms with E-state index in [1.807, 2.05) is 14.1 Å². The topological polar surface area (TPSA) is 52.0 Å². The Balaban J connectivity index is 2.79. The van der Waals surface area contributed by atoms with Crippen molar-refractivity contribution in [1.29, 1.82) is 0 Å². The lowest BCUT2D eigenvalue weighted by molar-refractivity contribution is 0.413. The average molecular weight is 337 g/mol. The first-order valence-electron chi connectivity index (χ1n) is 6.05. The molecule has 1 rings (SSSR count). The average Bonchev–Trinajstić information content (AvgIpc) is 2.38. The lowest BCUT2D eigenvalue weighted by Crippen LogP contribution is -2.34. The molecular weight excluding hydrogens is 322 g/mol. The second-order valence-corrected chi connectivity index (χ2v) is 5.10. The van der Waals surface area contributed by atoms with E-state index in [-0.39, 0.29) is 0 Å². The number of anilines is 1. The summed E-state index contributed by atoms with van der Waals surface area (Å²) in [6.45, 7) is 1.64. The van der Waals surface area contributed by atoms with Crippen LogP contribution in [0.2, 0.25) is 0 Å². The number of benzene rings is 1. The number of rotatable bonds is 6. The first-order chi connectivity index (χ1) is 10.0. The van der Waals surface area contributed by atoms with Crippen LogP contribution in [0.4, 0.5) is 17.1 Å². The van der Waals surface area contributed by atoms with Gasteiger partial charge in [0.05, 0.1) is 21.7 Å². The fourth-order valence-electron chi connectivity index (χ4n) is 1.47. The monoisotopic (exact) mass is 337 g/mol. The quantitative estimate of drug-likeness (QED) is 0.615. The molecule has 0 radical (unpaired) electrons. The second-order valence-electron chi connectivity index (χ2n) is 4.33.